The number of carbonyl (C=O) groups is 1. The molecule has 2 aliphatic heterocycles. The number of hydrogen-bond donors (Lipinski definition) is 0. The number of imidazole rings is 1. The van der Waals surface area contributed by atoms with Crippen LogP contribution >= 0.6 is 0 Å². The Kier molecular flexibility index (Phi) is 3.81. The van der Waals surface area contributed by atoms with Gasteiger partial charge in [0, 0.05) is 32.3 Å². The molecule has 5 nitrogen and oxygen atoms in total. The monoisotopic (exact) mass is 358 g/mol. The molecular weight excluding hydrogens is 336 g/mol. The predicted octanol–water partition coefficient (Wildman–Crippen LogP) is 3.42. The lowest BCUT2D eigenvalue weighted by Gasteiger charge is -2.38. The Hall–Kier alpha value is -2.95. The average molecular weight is 358 g/mol. The van der Waals surface area contributed by atoms with E-state index in [9.17, 15) is 4.79 Å². The topological polar surface area (TPSA) is 51.0 Å². The van der Waals surface area contributed by atoms with Crippen LogP contribution in [0.15, 0.2) is 60.9 Å². The quantitative estimate of drug-likeness (QED) is 0.705. The number of hydrogen-bond acceptors (Lipinski definition) is 3. The maximum atomic E-state index is 12.7. The van der Waals surface area contributed by atoms with Gasteiger partial charge in [-0.05, 0) is 36.0 Å². The third-order valence-corrected chi connectivity index (χ3v) is 6.03. The smallest absolute Gasteiger partial charge is 0.272 e. The van der Waals surface area contributed by atoms with Gasteiger partial charge in [-0.25, -0.2) is 4.98 Å². The summed E-state index contributed by atoms with van der Waals surface area (Å²) in [6.07, 6.45) is 6.72. The van der Waals surface area contributed by atoms with Gasteiger partial charge >= 0.3 is 0 Å². The third kappa shape index (κ3) is 2.83. The van der Waals surface area contributed by atoms with Crippen molar-refractivity contribution in [2.24, 2.45) is 5.41 Å². The van der Waals surface area contributed by atoms with Crippen molar-refractivity contribution in [2.45, 2.75) is 25.8 Å². The molecule has 2 aliphatic rings. The van der Waals surface area contributed by atoms with Crippen LogP contribution < -0.4 is 0 Å². The van der Waals surface area contributed by atoms with E-state index in [4.69, 9.17) is 4.98 Å². The largest absolute Gasteiger partial charge is 0.337 e. The molecular formula is C22H22N4O. The number of carbonyl (C=O) groups excluding carboxylic acids is 1. The zero-order chi connectivity index (χ0) is 18.3. The first-order chi connectivity index (χ1) is 13.2. The normalized spacial score (nSPS) is 17.9. The molecule has 0 atom stereocenters. The van der Waals surface area contributed by atoms with Crippen LogP contribution in [0.3, 0.4) is 0 Å². The van der Waals surface area contributed by atoms with Crippen molar-refractivity contribution in [3.8, 4) is 11.3 Å². The van der Waals surface area contributed by atoms with E-state index in [0.29, 0.717) is 5.69 Å². The molecule has 3 aromatic rings. The number of piperidine rings is 1. The number of pyridine rings is 1. The van der Waals surface area contributed by atoms with E-state index in [1.54, 1.807) is 12.3 Å². The minimum Gasteiger partial charge on any atom is -0.337 e. The number of nitrogens with zero attached hydrogens (tertiary/aromatic N) is 4. The molecule has 5 heteroatoms. The highest BCUT2D eigenvalue weighted by Gasteiger charge is 2.42. The van der Waals surface area contributed by atoms with Crippen LogP contribution in [0.2, 0.25) is 0 Å². The van der Waals surface area contributed by atoms with E-state index in [2.05, 4.69) is 33.8 Å². The predicted molar refractivity (Wildman–Crippen MR) is 103 cm³/mol. The van der Waals surface area contributed by atoms with Gasteiger partial charge in [0.2, 0.25) is 0 Å². The molecule has 2 aromatic heterocycles. The number of likely N-dealkylation sites (tertiary alicyclic amines) is 1. The summed E-state index contributed by atoms with van der Waals surface area (Å²) >= 11 is 0. The summed E-state index contributed by atoms with van der Waals surface area (Å²) in [4.78, 5) is 23.5. The van der Waals surface area contributed by atoms with Crippen molar-refractivity contribution in [3.05, 3.63) is 72.4 Å². The Morgan fingerprint density at radius 2 is 1.74 bits per heavy atom. The molecule has 0 bridgehead atoms. The van der Waals surface area contributed by atoms with Crippen LogP contribution in [0.25, 0.3) is 11.3 Å². The molecule has 0 saturated carbocycles. The molecule has 27 heavy (non-hydrogen) atoms. The van der Waals surface area contributed by atoms with Crippen LogP contribution in [0, 0.1) is 5.41 Å². The van der Waals surface area contributed by atoms with Gasteiger partial charge in [0.15, 0.2) is 0 Å². The van der Waals surface area contributed by atoms with E-state index in [1.807, 2.05) is 29.3 Å². The molecule has 4 heterocycles. The van der Waals surface area contributed by atoms with Gasteiger partial charge in [-0.1, -0.05) is 36.4 Å². The molecule has 1 fully saturated rings. The Balaban J connectivity index is 1.31. The fourth-order valence-electron chi connectivity index (χ4n) is 4.47. The van der Waals surface area contributed by atoms with E-state index in [0.717, 1.165) is 38.9 Å². The molecule has 1 amide bonds. The molecule has 1 spiro atoms. The maximum Gasteiger partial charge on any atom is 0.272 e. The Labute approximate surface area is 158 Å². The molecule has 0 radical (unpaired) electrons. The Morgan fingerprint density at radius 3 is 2.48 bits per heavy atom. The lowest BCUT2D eigenvalue weighted by molar-refractivity contribution is 0.0571. The van der Waals surface area contributed by atoms with E-state index in [1.165, 1.54) is 17.1 Å². The highest BCUT2D eigenvalue weighted by Crippen LogP contribution is 2.43. The summed E-state index contributed by atoms with van der Waals surface area (Å²) in [5, 5.41) is 0. The van der Waals surface area contributed by atoms with E-state index < -0.39 is 0 Å². The second kappa shape index (κ2) is 6.34. The van der Waals surface area contributed by atoms with E-state index >= 15 is 0 Å². The average Bonchev–Trinajstić information content (AvgIpc) is 3.27. The first-order valence-corrected chi connectivity index (χ1v) is 9.54. The van der Waals surface area contributed by atoms with Gasteiger partial charge in [-0.2, -0.15) is 0 Å². The summed E-state index contributed by atoms with van der Waals surface area (Å²) < 4.78 is 2.38. The van der Waals surface area contributed by atoms with Crippen molar-refractivity contribution in [2.75, 3.05) is 13.1 Å². The first kappa shape index (κ1) is 16.2. The van der Waals surface area contributed by atoms with Crippen molar-refractivity contribution in [1.82, 2.24) is 19.4 Å². The van der Waals surface area contributed by atoms with Gasteiger partial charge in [0.05, 0.1) is 11.9 Å². The minimum atomic E-state index is 0.0474. The molecule has 0 aliphatic carbocycles. The Morgan fingerprint density at radius 1 is 0.963 bits per heavy atom. The number of aromatic nitrogens is 3. The SMILES string of the molecule is O=C(c1ccccn1)N1CCC2(CC1)Cc1ncc(-c3ccccc3)n1C2. The van der Waals surface area contributed by atoms with Crippen molar-refractivity contribution in [1.29, 1.82) is 0 Å². The summed E-state index contributed by atoms with van der Waals surface area (Å²) in [5.41, 5.74) is 3.19. The van der Waals surface area contributed by atoms with Gasteiger partial charge in [0.25, 0.3) is 5.91 Å². The van der Waals surface area contributed by atoms with Crippen LogP contribution in [0.1, 0.15) is 29.2 Å². The van der Waals surface area contributed by atoms with Crippen molar-refractivity contribution >= 4 is 5.91 Å². The minimum absolute atomic E-state index is 0.0474. The number of rotatable bonds is 2. The van der Waals surface area contributed by atoms with Crippen LogP contribution in [-0.4, -0.2) is 38.4 Å². The standard InChI is InChI=1S/C22H22N4O/c27-21(18-8-4-5-11-23-18)25-12-9-22(10-13-25)14-20-24-15-19(26(20)16-22)17-6-2-1-3-7-17/h1-8,11,15H,9-10,12-14,16H2. The van der Waals surface area contributed by atoms with Gasteiger partial charge in [-0.3, -0.25) is 9.78 Å². The van der Waals surface area contributed by atoms with Gasteiger partial charge < -0.3 is 9.47 Å². The lowest BCUT2D eigenvalue weighted by Crippen LogP contribution is -2.44. The number of fused-ring (bicyclic) bond motifs is 1. The van der Waals surface area contributed by atoms with Gasteiger partial charge in [-0.15, -0.1) is 0 Å². The molecule has 1 saturated heterocycles. The fourth-order valence-corrected chi connectivity index (χ4v) is 4.47. The second-order valence-electron chi connectivity index (χ2n) is 7.70. The van der Waals surface area contributed by atoms with Crippen LogP contribution in [0.5, 0.6) is 0 Å². The zero-order valence-corrected chi connectivity index (χ0v) is 15.2. The molecule has 5 rings (SSSR count). The highest BCUT2D eigenvalue weighted by atomic mass is 16.2. The van der Waals surface area contributed by atoms with Crippen molar-refractivity contribution in [3.63, 3.8) is 0 Å². The fraction of sp³-hybridized carbons (Fsp3) is 0.318. The number of amides is 1. The summed E-state index contributed by atoms with van der Waals surface area (Å²) in [6, 6.07) is 16.0. The molecule has 0 unspecified atom stereocenters. The first-order valence-electron chi connectivity index (χ1n) is 9.54. The summed E-state index contributed by atoms with van der Waals surface area (Å²) in [7, 11) is 0. The molecule has 0 N–H and O–H groups in total. The summed E-state index contributed by atoms with van der Waals surface area (Å²) in [5.74, 6) is 1.23. The zero-order valence-electron chi connectivity index (χ0n) is 15.2. The van der Waals surface area contributed by atoms with Crippen molar-refractivity contribution < 1.29 is 4.79 Å². The van der Waals surface area contributed by atoms with Crippen LogP contribution in [0.4, 0.5) is 0 Å². The molecule has 136 valence electrons. The van der Waals surface area contributed by atoms with Gasteiger partial charge in [0.1, 0.15) is 11.5 Å². The highest BCUT2D eigenvalue weighted by molar-refractivity contribution is 5.92. The Bertz CT molecular complexity index is 956. The van der Waals surface area contributed by atoms with Crippen LogP contribution in [-0.2, 0) is 13.0 Å². The maximum absolute atomic E-state index is 12.7. The van der Waals surface area contributed by atoms with E-state index in [-0.39, 0.29) is 11.3 Å². The number of benzene rings is 1. The summed E-state index contributed by atoms with van der Waals surface area (Å²) in [6.45, 7) is 2.58. The molecule has 1 aromatic carbocycles. The third-order valence-electron chi connectivity index (χ3n) is 6.03. The lowest BCUT2D eigenvalue weighted by atomic mass is 9.77. The second-order valence-corrected chi connectivity index (χ2v) is 7.70.